The number of aromatic nitrogens is 4. The Morgan fingerprint density at radius 3 is 1.56 bits per heavy atom. The lowest BCUT2D eigenvalue weighted by Crippen LogP contribution is -2.17. The van der Waals surface area contributed by atoms with Crippen molar-refractivity contribution in [1.82, 2.24) is 19.6 Å². The number of carbonyl (C=O) groups excluding carboxylic acids is 2. The smallest absolute Gasteiger partial charge is 0.278 e. The lowest BCUT2D eigenvalue weighted by atomic mass is 10.1. The van der Waals surface area contributed by atoms with Crippen molar-refractivity contribution in [2.75, 3.05) is 11.5 Å². The molecule has 0 spiro atoms. The van der Waals surface area contributed by atoms with E-state index in [2.05, 4.69) is 10.2 Å². The van der Waals surface area contributed by atoms with Crippen molar-refractivity contribution in [1.29, 1.82) is 0 Å². The van der Waals surface area contributed by atoms with Crippen LogP contribution in [0, 0.1) is 11.6 Å². The van der Waals surface area contributed by atoms with Crippen LogP contribution in [0.25, 0.3) is 21.8 Å². The van der Waals surface area contributed by atoms with Gasteiger partial charge in [-0.15, -0.1) is 10.2 Å². The fourth-order valence-corrected chi connectivity index (χ4v) is 3.57. The summed E-state index contributed by atoms with van der Waals surface area (Å²) >= 11 is 0. The van der Waals surface area contributed by atoms with E-state index in [0.29, 0.717) is 21.8 Å². The number of nitrogens with two attached hydrogens (primary N) is 2. The molecule has 10 heteroatoms. The number of rotatable bonds is 2. The normalized spacial score (nSPS) is 11.3. The number of hydrogen-bond acceptors (Lipinski definition) is 6. The summed E-state index contributed by atoms with van der Waals surface area (Å²) in [6, 6.07) is 13.5. The zero-order chi connectivity index (χ0) is 22.6. The third kappa shape index (κ3) is 2.97. The fourth-order valence-electron chi connectivity index (χ4n) is 3.57. The van der Waals surface area contributed by atoms with E-state index in [4.69, 9.17) is 11.5 Å². The number of anilines is 2. The molecule has 5 aromatic rings. The van der Waals surface area contributed by atoms with Gasteiger partial charge in [-0.25, -0.2) is 8.78 Å². The summed E-state index contributed by atoms with van der Waals surface area (Å²) in [7, 11) is 0. The van der Waals surface area contributed by atoms with Gasteiger partial charge in [0, 0.05) is 21.9 Å². The van der Waals surface area contributed by atoms with Crippen molar-refractivity contribution in [3.8, 4) is 0 Å². The van der Waals surface area contributed by atoms with Gasteiger partial charge in [-0.1, -0.05) is 6.07 Å². The Balaban J connectivity index is 1.56. The lowest BCUT2D eigenvalue weighted by molar-refractivity contribution is 0.0950. The average Bonchev–Trinajstić information content (AvgIpc) is 3.29. The van der Waals surface area contributed by atoms with Gasteiger partial charge in [-0.3, -0.25) is 9.59 Å². The summed E-state index contributed by atoms with van der Waals surface area (Å²) in [4.78, 5) is 26.2. The van der Waals surface area contributed by atoms with Crippen LogP contribution in [-0.4, -0.2) is 31.4 Å². The summed E-state index contributed by atoms with van der Waals surface area (Å²) in [5.41, 5.74) is 12.6. The summed E-state index contributed by atoms with van der Waals surface area (Å²) in [6.07, 6.45) is 0. The first-order valence-electron chi connectivity index (χ1n) is 9.40. The van der Waals surface area contributed by atoms with Crippen LogP contribution in [0.1, 0.15) is 20.7 Å². The molecule has 0 aliphatic carbocycles. The monoisotopic (exact) mass is 432 g/mol. The van der Waals surface area contributed by atoms with Crippen LogP contribution in [0.3, 0.4) is 0 Å². The van der Waals surface area contributed by atoms with E-state index in [1.165, 1.54) is 60.7 Å². The Morgan fingerprint density at radius 1 is 0.688 bits per heavy atom. The van der Waals surface area contributed by atoms with Crippen LogP contribution in [-0.2, 0) is 0 Å². The van der Waals surface area contributed by atoms with Crippen molar-refractivity contribution < 1.29 is 18.4 Å². The summed E-state index contributed by atoms with van der Waals surface area (Å²) in [5, 5.41) is 8.64. The van der Waals surface area contributed by atoms with E-state index in [0.717, 1.165) is 9.36 Å². The van der Waals surface area contributed by atoms with E-state index < -0.39 is 23.4 Å². The molecule has 158 valence electrons. The first-order chi connectivity index (χ1) is 15.3. The number of halogens is 2. The maximum absolute atomic E-state index is 13.5. The topological polar surface area (TPSA) is 122 Å². The number of benzene rings is 3. The Hall–Kier alpha value is -4.60. The molecule has 2 aromatic heterocycles. The highest BCUT2D eigenvalue weighted by molar-refractivity contribution is 6.07. The van der Waals surface area contributed by atoms with Crippen LogP contribution >= 0.6 is 0 Å². The quantitative estimate of drug-likeness (QED) is 0.442. The molecule has 32 heavy (non-hydrogen) atoms. The first kappa shape index (κ1) is 19.4. The molecule has 0 atom stereocenters. The van der Waals surface area contributed by atoms with Crippen LogP contribution in [0.2, 0.25) is 0 Å². The minimum atomic E-state index is -0.556. The van der Waals surface area contributed by atoms with Crippen LogP contribution in [0.15, 0.2) is 60.7 Å². The van der Waals surface area contributed by atoms with E-state index in [1.807, 2.05) is 0 Å². The zero-order valence-electron chi connectivity index (χ0n) is 16.3. The second-order valence-electron chi connectivity index (χ2n) is 7.11. The SMILES string of the molecule is Nc1nn(C(=O)c2cccc(C(=O)n3nc(N)c4cc(F)ccc43)c2)c2ccc(F)cc12. The third-order valence-electron chi connectivity index (χ3n) is 5.08. The molecule has 0 radical (unpaired) electrons. The molecule has 0 aliphatic heterocycles. The zero-order valence-corrected chi connectivity index (χ0v) is 16.3. The Labute approximate surface area is 178 Å². The number of carbonyl (C=O) groups is 2. The van der Waals surface area contributed by atoms with Gasteiger partial charge in [0.2, 0.25) is 0 Å². The van der Waals surface area contributed by atoms with Gasteiger partial charge < -0.3 is 11.5 Å². The molecule has 0 bridgehead atoms. The average molecular weight is 432 g/mol. The van der Waals surface area contributed by atoms with E-state index in [-0.39, 0.29) is 22.8 Å². The molecule has 2 heterocycles. The molecular formula is C22H14F2N6O2. The van der Waals surface area contributed by atoms with E-state index in [9.17, 15) is 18.4 Å². The summed E-state index contributed by atoms with van der Waals surface area (Å²) < 4.78 is 29.2. The highest BCUT2D eigenvalue weighted by atomic mass is 19.1. The van der Waals surface area contributed by atoms with E-state index >= 15 is 0 Å². The maximum Gasteiger partial charge on any atom is 0.278 e. The van der Waals surface area contributed by atoms with Crippen LogP contribution in [0.5, 0.6) is 0 Å². The Bertz CT molecular complexity index is 1460. The van der Waals surface area contributed by atoms with Crippen LogP contribution in [0.4, 0.5) is 20.4 Å². The molecule has 8 nitrogen and oxygen atoms in total. The number of fused-ring (bicyclic) bond motifs is 2. The van der Waals surface area contributed by atoms with Crippen molar-refractivity contribution in [2.24, 2.45) is 0 Å². The van der Waals surface area contributed by atoms with Crippen molar-refractivity contribution >= 4 is 45.3 Å². The fraction of sp³-hybridized carbons (Fsp3) is 0. The number of hydrogen-bond donors (Lipinski definition) is 2. The molecule has 0 amide bonds. The third-order valence-corrected chi connectivity index (χ3v) is 5.08. The minimum Gasteiger partial charge on any atom is -0.382 e. The lowest BCUT2D eigenvalue weighted by Gasteiger charge is -2.06. The molecule has 5 rings (SSSR count). The predicted molar refractivity (Wildman–Crippen MR) is 114 cm³/mol. The maximum atomic E-state index is 13.5. The van der Waals surface area contributed by atoms with Gasteiger partial charge in [-0.2, -0.15) is 9.36 Å². The van der Waals surface area contributed by atoms with Gasteiger partial charge in [0.25, 0.3) is 11.8 Å². The standard InChI is InChI=1S/C22H14F2N6O2/c23-13-4-6-17-15(9-13)19(25)27-29(17)21(31)11-2-1-3-12(8-11)22(32)30-18-7-5-14(24)10-16(18)20(26)28-30/h1-10H,(H2,25,27)(H2,26,28). The molecule has 0 unspecified atom stereocenters. The number of nitrogens with zero attached hydrogens (tertiary/aromatic N) is 4. The molecule has 0 saturated carbocycles. The van der Waals surface area contributed by atoms with Gasteiger partial charge in [0.15, 0.2) is 11.6 Å². The highest BCUT2D eigenvalue weighted by Gasteiger charge is 2.20. The van der Waals surface area contributed by atoms with Gasteiger partial charge >= 0.3 is 0 Å². The largest absolute Gasteiger partial charge is 0.382 e. The molecule has 0 aliphatic rings. The molecule has 0 saturated heterocycles. The first-order valence-corrected chi connectivity index (χ1v) is 9.40. The summed E-state index contributed by atoms with van der Waals surface area (Å²) in [6.45, 7) is 0. The van der Waals surface area contributed by atoms with Gasteiger partial charge in [-0.05, 0) is 54.6 Å². The molecule has 3 aromatic carbocycles. The molecular weight excluding hydrogens is 418 g/mol. The minimum absolute atomic E-state index is 0.00537. The van der Waals surface area contributed by atoms with Gasteiger partial charge in [0.05, 0.1) is 11.0 Å². The summed E-state index contributed by atoms with van der Waals surface area (Å²) in [5.74, 6) is -2.11. The second kappa shape index (κ2) is 6.98. The second-order valence-corrected chi connectivity index (χ2v) is 7.11. The molecule has 4 N–H and O–H groups in total. The highest BCUT2D eigenvalue weighted by Crippen LogP contribution is 2.24. The van der Waals surface area contributed by atoms with Crippen molar-refractivity contribution in [3.05, 3.63) is 83.4 Å². The van der Waals surface area contributed by atoms with E-state index in [1.54, 1.807) is 0 Å². The number of nitrogen functional groups attached to an aromatic ring is 2. The van der Waals surface area contributed by atoms with Crippen LogP contribution < -0.4 is 11.5 Å². The Morgan fingerprint density at radius 2 is 1.12 bits per heavy atom. The van der Waals surface area contributed by atoms with Crippen molar-refractivity contribution in [2.45, 2.75) is 0 Å². The Kier molecular flexibility index (Phi) is 4.22. The molecule has 0 fully saturated rings. The van der Waals surface area contributed by atoms with Gasteiger partial charge in [0.1, 0.15) is 11.6 Å². The van der Waals surface area contributed by atoms with Crippen molar-refractivity contribution in [3.63, 3.8) is 0 Å². The predicted octanol–water partition coefficient (Wildman–Crippen LogP) is 3.21.